The molecule has 0 unspecified atom stereocenters. The van der Waals surface area contributed by atoms with Crippen LogP contribution in [0.25, 0.3) is 22.2 Å². The van der Waals surface area contributed by atoms with Gasteiger partial charge in [-0.05, 0) is 6.92 Å². The van der Waals surface area contributed by atoms with Crippen molar-refractivity contribution >= 4 is 26.9 Å². The van der Waals surface area contributed by atoms with Crippen molar-refractivity contribution in [3.63, 3.8) is 0 Å². The zero-order valence-corrected chi connectivity index (χ0v) is 12.4. The lowest BCUT2D eigenvalue weighted by atomic mass is 10.1. The molecule has 3 rings (SSSR count). The minimum Gasteiger partial charge on any atom is -0.353 e. The maximum atomic E-state index is 12.4. The van der Waals surface area contributed by atoms with Crippen LogP contribution in [0.5, 0.6) is 0 Å². The highest BCUT2D eigenvalue weighted by Crippen LogP contribution is 2.25. The van der Waals surface area contributed by atoms with Crippen molar-refractivity contribution in [2.24, 2.45) is 0 Å². The minimum atomic E-state index is -0.169. The summed E-state index contributed by atoms with van der Waals surface area (Å²) in [7, 11) is 0. The average Bonchev–Trinajstić information content (AvgIpc) is 2.86. The van der Waals surface area contributed by atoms with Crippen LogP contribution >= 0.6 is 15.9 Å². The lowest BCUT2D eigenvalue weighted by Crippen LogP contribution is -2.24. The molecule has 5 nitrogen and oxygen atoms in total. The fraction of sp³-hybridized carbons (Fsp3) is 0.214. The van der Waals surface area contributed by atoms with Crippen molar-refractivity contribution in [3.8, 4) is 11.3 Å². The van der Waals surface area contributed by atoms with Gasteiger partial charge in [-0.25, -0.2) is 4.68 Å². The summed E-state index contributed by atoms with van der Waals surface area (Å²) in [6.07, 6.45) is 0. The molecule has 1 aromatic carbocycles. The lowest BCUT2D eigenvalue weighted by Gasteiger charge is -2.06. The van der Waals surface area contributed by atoms with Crippen molar-refractivity contribution in [1.29, 1.82) is 0 Å². The summed E-state index contributed by atoms with van der Waals surface area (Å²) in [4.78, 5) is 12.4. The monoisotopic (exact) mass is 333 g/mol. The zero-order valence-electron chi connectivity index (χ0n) is 10.8. The second-order valence-electron chi connectivity index (χ2n) is 4.40. The molecule has 0 saturated carbocycles. The van der Waals surface area contributed by atoms with Crippen molar-refractivity contribution < 1.29 is 4.52 Å². The fourth-order valence-electron chi connectivity index (χ4n) is 2.14. The van der Waals surface area contributed by atoms with Gasteiger partial charge in [0.2, 0.25) is 5.58 Å². The van der Waals surface area contributed by atoms with Crippen molar-refractivity contribution in [3.05, 3.63) is 46.4 Å². The van der Waals surface area contributed by atoms with Gasteiger partial charge in [0, 0.05) is 10.9 Å². The third-order valence-electron chi connectivity index (χ3n) is 3.09. The Labute approximate surface area is 123 Å². The number of hydrogen-bond donors (Lipinski definition) is 0. The lowest BCUT2D eigenvalue weighted by molar-refractivity contribution is 0.449. The van der Waals surface area contributed by atoms with E-state index in [-0.39, 0.29) is 5.56 Å². The summed E-state index contributed by atoms with van der Waals surface area (Å²) in [6, 6.07) is 9.64. The minimum absolute atomic E-state index is 0.169. The first-order chi connectivity index (χ1) is 9.72. The Hall–Kier alpha value is -1.95. The zero-order chi connectivity index (χ0) is 14.1. The standard InChI is InChI=1S/C14H12BrN3O2/c1-9-11-13(20-17-9)12(10-5-3-2-4-6-10)16-18(8-7-15)14(11)19/h2-6H,7-8H2,1H3. The smallest absolute Gasteiger partial charge is 0.279 e. The molecule has 0 aliphatic heterocycles. The van der Waals surface area contributed by atoms with Gasteiger partial charge in [-0.2, -0.15) is 5.10 Å². The summed E-state index contributed by atoms with van der Waals surface area (Å²) < 4.78 is 6.76. The maximum absolute atomic E-state index is 12.4. The molecule has 3 aromatic rings. The molecule has 0 radical (unpaired) electrons. The average molecular weight is 334 g/mol. The second-order valence-corrected chi connectivity index (χ2v) is 5.20. The third kappa shape index (κ3) is 2.06. The highest BCUT2D eigenvalue weighted by molar-refractivity contribution is 9.09. The number of halogens is 1. The first-order valence-electron chi connectivity index (χ1n) is 6.21. The predicted molar refractivity (Wildman–Crippen MR) is 80.0 cm³/mol. The Morgan fingerprint density at radius 2 is 2.05 bits per heavy atom. The second kappa shape index (κ2) is 5.20. The van der Waals surface area contributed by atoms with E-state index in [0.717, 1.165) is 5.56 Å². The van der Waals surface area contributed by atoms with E-state index < -0.39 is 0 Å². The number of hydrogen-bond acceptors (Lipinski definition) is 4. The number of rotatable bonds is 3. The van der Waals surface area contributed by atoms with E-state index in [4.69, 9.17) is 4.52 Å². The topological polar surface area (TPSA) is 60.9 Å². The van der Waals surface area contributed by atoms with Crippen LogP contribution < -0.4 is 5.56 Å². The molecule has 0 atom stereocenters. The van der Waals surface area contributed by atoms with Gasteiger partial charge in [0.05, 0.1) is 12.2 Å². The normalized spacial score (nSPS) is 11.1. The van der Waals surface area contributed by atoms with Crippen LogP contribution in [0.2, 0.25) is 0 Å². The van der Waals surface area contributed by atoms with Crippen molar-refractivity contribution in [1.82, 2.24) is 14.9 Å². The van der Waals surface area contributed by atoms with Crippen LogP contribution in [0.3, 0.4) is 0 Å². The molecule has 20 heavy (non-hydrogen) atoms. The fourth-order valence-corrected chi connectivity index (χ4v) is 2.48. The van der Waals surface area contributed by atoms with Crippen LogP contribution in [0.4, 0.5) is 0 Å². The number of benzene rings is 1. The van der Waals surface area contributed by atoms with Gasteiger partial charge in [0.25, 0.3) is 5.56 Å². The predicted octanol–water partition coefficient (Wildman–Crippen LogP) is 2.75. The van der Waals surface area contributed by atoms with Gasteiger partial charge < -0.3 is 4.52 Å². The molecule has 6 heteroatoms. The molecule has 0 fully saturated rings. The molecule has 0 bridgehead atoms. The Morgan fingerprint density at radius 1 is 1.30 bits per heavy atom. The Balaban J connectivity index is 2.37. The molecule has 2 aromatic heterocycles. The summed E-state index contributed by atoms with van der Waals surface area (Å²) in [6.45, 7) is 2.26. The quantitative estimate of drug-likeness (QED) is 0.691. The third-order valence-corrected chi connectivity index (χ3v) is 3.44. The maximum Gasteiger partial charge on any atom is 0.279 e. The van der Waals surface area contributed by atoms with Crippen LogP contribution in [0.1, 0.15) is 5.69 Å². The van der Waals surface area contributed by atoms with Crippen LogP contribution in [0, 0.1) is 6.92 Å². The van der Waals surface area contributed by atoms with Crippen LogP contribution in [-0.2, 0) is 6.54 Å². The summed E-state index contributed by atoms with van der Waals surface area (Å²) in [5.74, 6) is 0. The number of nitrogens with zero attached hydrogens (tertiary/aromatic N) is 3. The van der Waals surface area contributed by atoms with Gasteiger partial charge >= 0.3 is 0 Å². The summed E-state index contributed by atoms with van der Waals surface area (Å²) >= 11 is 3.34. The molecule has 0 aliphatic carbocycles. The number of fused-ring (bicyclic) bond motifs is 1. The first kappa shape index (κ1) is 13.1. The van der Waals surface area contributed by atoms with E-state index in [2.05, 4.69) is 26.2 Å². The SMILES string of the molecule is Cc1noc2c(-c3ccccc3)nn(CCBr)c(=O)c12. The molecule has 0 saturated heterocycles. The summed E-state index contributed by atoms with van der Waals surface area (Å²) in [5.41, 5.74) is 2.41. The van der Waals surface area contributed by atoms with Crippen molar-refractivity contribution in [2.75, 3.05) is 5.33 Å². The number of aryl methyl sites for hydroxylation is 2. The molecule has 0 N–H and O–H groups in total. The number of aromatic nitrogens is 3. The molecule has 0 spiro atoms. The summed E-state index contributed by atoms with van der Waals surface area (Å²) in [5, 5.41) is 9.47. The van der Waals surface area contributed by atoms with Gasteiger partial charge in [-0.3, -0.25) is 4.79 Å². The molecule has 0 aliphatic rings. The van der Waals surface area contributed by atoms with Gasteiger partial charge in [0.1, 0.15) is 11.1 Å². The van der Waals surface area contributed by atoms with Gasteiger partial charge in [0.15, 0.2) is 0 Å². The highest BCUT2D eigenvalue weighted by Gasteiger charge is 2.18. The molecule has 0 amide bonds. The number of alkyl halides is 1. The van der Waals surface area contributed by atoms with E-state index in [0.29, 0.717) is 34.2 Å². The van der Waals surface area contributed by atoms with E-state index in [1.54, 1.807) is 6.92 Å². The molecular formula is C14H12BrN3O2. The van der Waals surface area contributed by atoms with Gasteiger partial charge in [-0.15, -0.1) is 0 Å². The Bertz CT molecular complexity index is 808. The van der Waals surface area contributed by atoms with E-state index in [9.17, 15) is 4.79 Å². The highest BCUT2D eigenvalue weighted by atomic mass is 79.9. The molecule has 102 valence electrons. The first-order valence-corrected chi connectivity index (χ1v) is 7.33. The van der Waals surface area contributed by atoms with Gasteiger partial charge in [-0.1, -0.05) is 51.4 Å². The van der Waals surface area contributed by atoms with E-state index in [1.807, 2.05) is 30.3 Å². The molecular weight excluding hydrogens is 322 g/mol. The Kier molecular flexibility index (Phi) is 3.40. The van der Waals surface area contributed by atoms with Crippen LogP contribution in [0.15, 0.2) is 39.6 Å². The van der Waals surface area contributed by atoms with E-state index in [1.165, 1.54) is 4.68 Å². The largest absolute Gasteiger partial charge is 0.353 e. The Morgan fingerprint density at radius 3 is 2.75 bits per heavy atom. The van der Waals surface area contributed by atoms with Crippen LogP contribution in [-0.4, -0.2) is 20.3 Å². The molecule has 2 heterocycles. The van der Waals surface area contributed by atoms with E-state index >= 15 is 0 Å². The van der Waals surface area contributed by atoms with Crippen molar-refractivity contribution in [2.45, 2.75) is 13.5 Å².